The molecule has 9 heteroatoms. The number of rotatable bonds is 7. The molecule has 1 fully saturated rings. The van der Waals surface area contributed by atoms with Gasteiger partial charge in [-0.3, -0.25) is 14.7 Å². The smallest absolute Gasteiger partial charge is 0.247 e. The molecule has 5 rings (SSSR count). The quantitative estimate of drug-likeness (QED) is 0.216. The van der Waals surface area contributed by atoms with Crippen molar-refractivity contribution in [1.82, 2.24) is 19.9 Å². The molecule has 0 aliphatic carbocycles. The maximum absolute atomic E-state index is 12.3. The van der Waals surface area contributed by atoms with Crippen molar-refractivity contribution in [1.29, 1.82) is 0 Å². The van der Waals surface area contributed by atoms with Crippen molar-refractivity contribution in [2.75, 3.05) is 24.2 Å². The number of nitrogens with one attached hydrogen (secondary N) is 2. The van der Waals surface area contributed by atoms with Gasteiger partial charge in [0.25, 0.3) is 0 Å². The molecule has 1 unspecified atom stereocenters. The predicted molar refractivity (Wildman–Crippen MR) is 159 cm³/mol. The number of carbonyl (C=O) groups is 1. The molecule has 1 aliphatic rings. The molecular formula is C31H29ClN6O2. The fourth-order valence-electron chi connectivity index (χ4n) is 4.52. The van der Waals surface area contributed by atoms with E-state index in [9.17, 15) is 4.79 Å². The lowest BCUT2D eigenvalue weighted by Crippen LogP contribution is -2.36. The van der Waals surface area contributed by atoms with E-state index >= 15 is 0 Å². The van der Waals surface area contributed by atoms with E-state index in [-0.39, 0.29) is 11.4 Å². The van der Waals surface area contributed by atoms with E-state index in [2.05, 4.69) is 62.9 Å². The molecule has 1 saturated heterocycles. The lowest BCUT2D eigenvalue weighted by molar-refractivity contribution is -0.111. The second-order valence-electron chi connectivity index (χ2n) is 9.76. The summed E-state index contributed by atoms with van der Waals surface area (Å²) >= 11 is 6.52. The van der Waals surface area contributed by atoms with Crippen LogP contribution in [-0.4, -0.2) is 44.9 Å². The summed E-state index contributed by atoms with van der Waals surface area (Å²) in [6.45, 7) is 7.03. The van der Waals surface area contributed by atoms with Crippen LogP contribution in [0, 0.1) is 11.8 Å². The molecular weight excluding hydrogens is 524 g/mol. The second kappa shape index (κ2) is 11.7. The van der Waals surface area contributed by atoms with Gasteiger partial charge in [-0.15, -0.1) is 0 Å². The summed E-state index contributed by atoms with van der Waals surface area (Å²) in [7, 11) is 2.08. The third-order valence-corrected chi connectivity index (χ3v) is 7.28. The Bertz CT molecular complexity index is 1630. The summed E-state index contributed by atoms with van der Waals surface area (Å²) in [5.41, 5.74) is 3.22. The van der Waals surface area contributed by atoms with Gasteiger partial charge >= 0.3 is 0 Å². The first-order chi connectivity index (χ1) is 19.3. The van der Waals surface area contributed by atoms with Crippen LogP contribution in [-0.2, 0) is 11.4 Å². The summed E-state index contributed by atoms with van der Waals surface area (Å²) < 4.78 is 5.84. The Balaban J connectivity index is 1.44. The standard InChI is InChI=1S/C31H29ClN6O2/c1-4-29(39)37-26-18-24-27(16-21(26)11-13-31(2)12-7-15-38(31)3)34-20-35-30(24)36-22-9-10-28(25(32)17-22)40-19-23-8-5-6-14-33-23/h4-6,8-10,14,16-18,20H,1,7,12,15,19H2,2-3H3,(H,37,39)(H,34,35,36). The number of hydrogen-bond acceptors (Lipinski definition) is 7. The highest BCUT2D eigenvalue weighted by Crippen LogP contribution is 2.33. The Morgan fingerprint density at radius 2 is 2.10 bits per heavy atom. The van der Waals surface area contributed by atoms with E-state index < -0.39 is 0 Å². The molecule has 8 nitrogen and oxygen atoms in total. The van der Waals surface area contributed by atoms with Crippen molar-refractivity contribution in [3.05, 3.63) is 90.0 Å². The third kappa shape index (κ3) is 6.07. The maximum atomic E-state index is 12.3. The van der Waals surface area contributed by atoms with Crippen LogP contribution < -0.4 is 15.4 Å². The Morgan fingerprint density at radius 3 is 2.83 bits per heavy atom. The molecule has 0 bridgehead atoms. The van der Waals surface area contributed by atoms with Crippen LogP contribution in [0.1, 0.15) is 31.0 Å². The fraction of sp³-hybridized carbons (Fsp3) is 0.226. The maximum Gasteiger partial charge on any atom is 0.247 e. The Kier molecular flexibility index (Phi) is 7.96. The van der Waals surface area contributed by atoms with Gasteiger partial charge in [-0.1, -0.05) is 36.1 Å². The van der Waals surface area contributed by atoms with Gasteiger partial charge in [-0.2, -0.15) is 0 Å². The molecule has 0 radical (unpaired) electrons. The minimum Gasteiger partial charge on any atom is -0.486 e. The van der Waals surface area contributed by atoms with Crippen molar-refractivity contribution >= 4 is 45.6 Å². The number of amides is 1. The van der Waals surface area contributed by atoms with E-state index in [1.165, 1.54) is 12.4 Å². The molecule has 2 aromatic heterocycles. The van der Waals surface area contributed by atoms with Gasteiger partial charge in [0.1, 0.15) is 24.5 Å². The Hall–Kier alpha value is -4.45. The fourth-order valence-corrected chi connectivity index (χ4v) is 4.75. The number of carbonyl (C=O) groups excluding carboxylic acids is 1. The van der Waals surface area contributed by atoms with Gasteiger partial charge < -0.3 is 15.4 Å². The molecule has 2 aromatic carbocycles. The number of ether oxygens (including phenoxy) is 1. The van der Waals surface area contributed by atoms with E-state index in [0.29, 0.717) is 51.0 Å². The SMILES string of the molecule is C=CC(=O)Nc1cc2c(Nc3ccc(OCc4ccccn4)c(Cl)c3)ncnc2cc1C#CC1(C)CCCN1C. The van der Waals surface area contributed by atoms with Crippen molar-refractivity contribution < 1.29 is 9.53 Å². The summed E-state index contributed by atoms with van der Waals surface area (Å²) in [6, 6.07) is 14.8. The highest BCUT2D eigenvalue weighted by molar-refractivity contribution is 6.32. The topological polar surface area (TPSA) is 92.3 Å². The van der Waals surface area contributed by atoms with Crippen LogP contribution in [0.4, 0.5) is 17.2 Å². The largest absolute Gasteiger partial charge is 0.486 e. The van der Waals surface area contributed by atoms with Crippen molar-refractivity contribution in [3.8, 4) is 17.6 Å². The number of hydrogen-bond donors (Lipinski definition) is 2. The zero-order chi connectivity index (χ0) is 28.1. The van der Waals surface area contributed by atoms with Crippen LogP contribution >= 0.6 is 11.6 Å². The van der Waals surface area contributed by atoms with Crippen LogP contribution in [0.2, 0.25) is 5.02 Å². The van der Waals surface area contributed by atoms with Crippen molar-refractivity contribution in [2.45, 2.75) is 31.9 Å². The van der Waals surface area contributed by atoms with Gasteiger partial charge in [0.15, 0.2) is 0 Å². The molecule has 1 amide bonds. The second-order valence-corrected chi connectivity index (χ2v) is 10.2. The number of anilines is 3. The molecule has 4 aromatic rings. The summed E-state index contributed by atoms with van der Waals surface area (Å²) in [6.07, 6.45) is 6.53. The van der Waals surface area contributed by atoms with Crippen LogP contribution in [0.25, 0.3) is 10.9 Å². The summed E-state index contributed by atoms with van der Waals surface area (Å²) in [4.78, 5) is 27.7. The van der Waals surface area contributed by atoms with Gasteiger partial charge in [-0.25, -0.2) is 9.97 Å². The molecule has 1 aliphatic heterocycles. The number of aromatic nitrogens is 3. The number of nitrogens with zero attached hydrogens (tertiary/aromatic N) is 4. The highest BCUT2D eigenvalue weighted by Gasteiger charge is 2.31. The van der Waals surface area contributed by atoms with Crippen molar-refractivity contribution in [3.63, 3.8) is 0 Å². The minimum absolute atomic E-state index is 0.222. The molecule has 3 heterocycles. The monoisotopic (exact) mass is 552 g/mol. The van der Waals surface area contributed by atoms with Crippen molar-refractivity contribution in [2.24, 2.45) is 0 Å². The van der Waals surface area contributed by atoms with E-state index in [4.69, 9.17) is 16.3 Å². The number of fused-ring (bicyclic) bond motifs is 1. The first-order valence-electron chi connectivity index (χ1n) is 12.9. The van der Waals surface area contributed by atoms with Crippen LogP contribution in [0.3, 0.4) is 0 Å². The van der Waals surface area contributed by atoms with Gasteiger partial charge in [0.2, 0.25) is 5.91 Å². The van der Waals surface area contributed by atoms with E-state index in [1.54, 1.807) is 18.3 Å². The van der Waals surface area contributed by atoms with Gasteiger partial charge in [-0.05, 0) is 81.9 Å². The molecule has 0 saturated carbocycles. The Labute approximate surface area is 238 Å². The first kappa shape index (κ1) is 27.1. The van der Waals surface area contributed by atoms with E-state index in [1.807, 2.05) is 36.4 Å². The van der Waals surface area contributed by atoms with Gasteiger partial charge in [0, 0.05) is 17.3 Å². The van der Waals surface area contributed by atoms with E-state index in [0.717, 1.165) is 25.1 Å². The predicted octanol–water partition coefficient (Wildman–Crippen LogP) is 5.96. The number of benzene rings is 2. The average Bonchev–Trinajstić information content (AvgIpc) is 3.30. The lowest BCUT2D eigenvalue weighted by atomic mass is 9.99. The summed E-state index contributed by atoms with van der Waals surface area (Å²) in [5, 5.41) is 7.36. The van der Waals surface area contributed by atoms with Gasteiger partial charge in [0.05, 0.1) is 33.0 Å². The molecule has 1 atom stereocenters. The number of halogens is 1. The zero-order valence-electron chi connectivity index (χ0n) is 22.4. The van der Waals surface area contributed by atoms with Crippen LogP contribution in [0.15, 0.2) is 73.7 Å². The number of likely N-dealkylation sites (tertiary alicyclic amines) is 1. The molecule has 202 valence electrons. The zero-order valence-corrected chi connectivity index (χ0v) is 23.1. The average molecular weight is 553 g/mol. The van der Waals surface area contributed by atoms with Crippen LogP contribution in [0.5, 0.6) is 5.75 Å². The number of pyridine rings is 1. The Morgan fingerprint density at radius 1 is 1.23 bits per heavy atom. The molecule has 40 heavy (non-hydrogen) atoms. The molecule has 0 spiro atoms. The highest BCUT2D eigenvalue weighted by atomic mass is 35.5. The molecule has 2 N–H and O–H groups in total. The third-order valence-electron chi connectivity index (χ3n) is 6.98. The first-order valence-corrected chi connectivity index (χ1v) is 13.3. The minimum atomic E-state index is -0.328. The summed E-state index contributed by atoms with van der Waals surface area (Å²) in [5.74, 6) is 7.49. The normalized spacial score (nSPS) is 16.7. The lowest BCUT2D eigenvalue weighted by Gasteiger charge is -2.26.